The number of benzene rings is 2. The first-order chi connectivity index (χ1) is 9.56. The third-order valence-corrected chi connectivity index (χ3v) is 2.94. The summed E-state index contributed by atoms with van der Waals surface area (Å²) in [5.74, 6) is 1.06. The summed E-state index contributed by atoms with van der Waals surface area (Å²) in [5.41, 5.74) is 3.15. The van der Waals surface area contributed by atoms with Gasteiger partial charge in [0.15, 0.2) is 0 Å². The van der Waals surface area contributed by atoms with Crippen LogP contribution in [0.15, 0.2) is 42.5 Å². The van der Waals surface area contributed by atoms with Gasteiger partial charge in [0.05, 0.1) is 0 Å². The largest absolute Gasteiger partial charge is 0.488 e. The van der Waals surface area contributed by atoms with Crippen molar-refractivity contribution in [3.63, 3.8) is 0 Å². The summed E-state index contributed by atoms with van der Waals surface area (Å²) in [6, 6.07) is 13.4. The van der Waals surface area contributed by atoms with Crippen LogP contribution in [0.5, 0.6) is 11.5 Å². The van der Waals surface area contributed by atoms with E-state index < -0.39 is 0 Å². The highest BCUT2D eigenvalue weighted by Gasteiger charge is 2.07. The van der Waals surface area contributed by atoms with E-state index in [4.69, 9.17) is 9.47 Å². The standard InChI is InChI=1S/C16H17BO3/c1-11-9-14(17)7-8-15(11)19-10-13-5-3-4-6-16(13)20-12(2)18/h3-9H,10,17H2,1-2H3. The van der Waals surface area contributed by atoms with Crippen molar-refractivity contribution in [3.8, 4) is 11.5 Å². The lowest BCUT2D eigenvalue weighted by atomic mass is 9.94. The quantitative estimate of drug-likeness (QED) is 0.481. The Kier molecular flexibility index (Phi) is 4.46. The van der Waals surface area contributed by atoms with Gasteiger partial charge in [0.1, 0.15) is 26.0 Å². The molecule has 2 aromatic rings. The highest BCUT2D eigenvalue weighted by atomic mass is 16.5. The number of rotatable bonds is 4. The van der Waals surface area contributed by atoms with Crippen LogP contribution in [0.4, 0.5) is 0 Å². The van der Waals surface area contributed by atoms with Crippen LogP contribution in [0.25, 0.3) is 0 Å². The van der Waals surface area contributed by atoms with E-state index in [1.807, 2.05) is 45.1 Å². The first-order valence-corrected chi connectivity index (χ1v) is 6.52. The molecule has 0 radical (unpaired) electrons. The van der Waals surface area contributed by atoms with Gasteiger partial charge in [-0.15, -0.1) is 0 Å². The van der Waals surface area contributed by atoms with E-state index in [0.717, 1.165) is 16.9 Å². The van der Waals surface area contributed by atoms with Crippen LogP contribution in [-0.4, -0.2) is 13.8 Å². The number of esters is 1. The first kappa shape index (κ1) is 14.2. The molecule has 0 saturated heterocycles. The fourth-order valence-corrected chi connectivity index (χ4v) is 1.99. The van der Waals surface area contributed by atoms with E-state index >= 15 is 0 Å². The summed E-state index contributed by atoms with van der Waals surface area (Å²) in [4.78, 5) is 11.1. The lowest BCUT2D eigenvalue weighted by Crippen LogP contribution is -2.07. The average Bonchev–Trinajstić information content (AvgIpc) is 2.39. The number of ether oxygens (including phenoxy) is 2. The third kappa shape index (κ3) is 3.64. The predicted molar refractivity (Wildman–Crippen MR) is 81.4 cm³/mol. The fourth-order valence-electron chi connectivity index (χ4n) is 1.99. The molecule has 3 nitrogen and oxygen atoms in total. The normalized spacial score (nSPS) is 10.1. The molecule has 0 unspecified atom stereocenters. The smallest absolute Gasteiger partial charge is 0.308 e. The SMILES string of the molecule is Bc1ccc(OCc2ccccc2OC(C)=O)c(C)c1. The molecule has 0 amide bonds. The Morgan fingerprint density at radius 1 is 1.15 bits per heavy atom. The number of carbonyl (C=O) groups excluding carboxylic acids is 1. The lowest BCUT2D eigenvalue weighted by molar-refractivity contribution is -0.131. The Bertz CT molecular complexity index is 623. The maximum Gasteiger partial charge on any atom is 0.308 e. The van der Waals surface area contributed by atoms with Crippen LogP contribution >= 0.6 is 0 Å². The van der Waals surface area contributed by atoms with Gasteiger partial charge in [-0.3, -0.25) is 4.79 Å². The van der Waals surface area contributed by atoms with Crippen LogP contribution in [0, 0.1) is 6.92 Å². The lowest BCUT2D eigenvalue weighted by Gasteiger charge is -2.12. The molecule has 0 saturated carbocycles. The van der Waals surface area contributed by atoms with Crippen molar-refractivity contribution >= 4 is 19.3 Å². The minimum atomic E-state index is -0.330. The highest BCUT2D eigenvalue weighted by Crippen LogP contribution is 2.22. The van der Waals surface area contributed by atoms with Crippen LogP contribution in [0.1, 0.15) is 18.1 Å². The number of hydrogen-bond donors (Lipinski definition) is 0. The number of para-hydroxylation sites is 1. The zero-order chi connectivity index (χ0) is 14.5. The molecule has 2 aromatic carbocycles. The molecule has 0 aromatic heterocycles. The minimum absolute atomic E-state index is 0.330. The summed E-state index contributed by atoms with van der Waals surface area (Å²) in [7, 11) is 2.05. The molecule has 0 aliphatic heterocycles. The average molecular weight is 268 g/mol. The van der Waals surface area contributed by atoms with Crippen LogP contribution in [-0.2, 0) is 11.4 Å². The minimum Gasteiger partial charge on any atom is -0.488 e. The molecule has 2 rings (SSSR count). The van der Waals surface area contributed by atoms with Crippen molar-refractivity contribution in [2.75, 3.05) is 0 Å². The van der Waals surface area contributed by atoms with Gasteiger partial charge >= 0.3 is 5.97 Å². The zero-order valence-electron chi connectivity index (χ0n) is 12.0. The van der Waals surface area contributed by atoms with Crippen LogP contribution in [0.2, 0.25) is 0 Å². The number of aryl methyl sites for hydroxylation is 1. The number of hydrogen-bond acceptors (Lipinski definition) is 3. The predicted octanol–water partition coefficient (Wildman–Crippen LogP) is 1.76. The molecule has 4 heteroatoms. The summed E-state index contributed by atoms with van der Waals surface area (Å²) in [5, 5.41) is 0. The van der Waals surface area contributed by atoms with Gasteiger partial charge in [-0.25, -0.2) is 0 Å². The summed E-state index contributed by atoms with van der Waals surface area (Å²) in [6.07, 6.45) is 0. The fraction of sp³-hybridized carbons (Fsp3) is 0.188. The maximum absolute atomic E-state index is 11.1. The molecule has 0 atom stereocenters. The van der Waals surface area contributed by atoms with Crippen molar-refractivity contribution in [1.29, 1.82) is 0 Å². The second-order valence-corrected chi connectivity index (χ2v) is 4.76. The van der Waals surface area contributed by atoms with Gasteiger partial charge in [0, 0.05) is 12.5 Å². The van der Waals surface area contributed by atoms with E-state index in [9.17, 15) is 4.79 Å². The molecule has 0 aliphatic carbocycles. The molecule has 0 spiro atoms. The van der Waals surface area contributed by atoms with E-state index in [1.54, 1.807) is 6.07 Å². The molecule has 0 bridgehead atoms. The summed E-state index contributed by atoms with van der Waals surface area (Å²) < 4.78 is 11.0. The molecule has 0 N–H and O–H groups in total. The van der Waals surface area contributed by atoms with Crippen molar-refractivity contribution in [2.45, 2.75) is 20.5 Å². The monoisotopic (exact) mass is 268 g/mol. The van der Waals surface area contributed by atoms with E-state index in [1.165, 1.54) is 12.4 Å². The Hall–Kier alpha value is -2.23. The molecule has 20 heavy (non-hydrogen) atoms. The zero-order valence-corrected chi connectivity index (χ0v) is 12.0. The van der Waals surface area contributed by atoms with E-state index in [0.29, 0.717) is 12.4 Å². The molecular formula is C16H17BO3. The van der Waals surface area contributed by atoms with Gasteiger partial charge in [0.25, 0.3) is 0 Å². The van der Waals surface area contributed by atoms with Crippen molar-refractivity contribution in [3.05, 3.63) is 53.6 Å². The molecule has 0 heterocycles. The van der Waals surface area contributed by atoms with E-state index in [2.05, 4.69) is 6.07 Å². The molecule has 0 aliphatic rings. The summed E-state index contributed by atoms with van der Waals surface area (Å²) in [6.45, 7) is 3.77. The second-order valence-electron chi connectivity index (χ2n) is 4.76. The number of carbonyl (C=O) groups is 1. The van der Waals surface area contributed by atoms with Crippen molar-refractivity contribution in [1.82, 2.24) is 0 Å². The Labute approximate surface area is 119 Å². The van der Waals surface area contributed by atoms with Crippen LogP contribution in [0.3, 0.4) is 0 Å². The topological polar surface area (TPSA) is 35.5 Å². The molecule has 0 fully saturated rings. The molecular weight excluding hydrogens is 251 g/mol. The highest BCUT2D eigenvalue weighted by molar-refractivity contribution is 6.32. The van der Waals surface area contributed by atoms with Crippen molar-refractivity contribution < 1.29 is 14.3 Å². The Morgan fingerprint density at radius 2 is 1.90 bits per heavy atom. The van der Waals surface area contributed by atoms with Gasteiger partial charge in [-0.05, 0) is 24.6 Å². The summed E-state index contributed by atoms with van der Waals surface area (Å²) >= 11 is 0. The van der Waals surface area contributed by atoms with Crippen LogP contribution < -0.4 is 14.9 Å². The molecule has 102 valence electrons. The third-order valence-electron chi connectivity index (χ3n) is 2.94. The first-order valence-electron chi connectivity index (χ1n) is 6.52. The van der Waals surface area contributed by atoms with E-state index in [-0.39, 0.29) is 5.97 Å². The maximum atomic E-state index is 11.1. The Morgan fingerprint density at radius 3 is 2.60 bits per heavy atom. The van der Waals surface area contributed by atoms with Gasteiger partial charge in [0.2, 0.25) is 0 Å². The van der Waals surface area contributed by atoms with Gasteiger partial charge in [-0.1, -0.05) is 35.8 Å². The second kappa shape index (κ2) is 6.28. The van der Waals surface area contributed by atoms with Gasteiger partial charge < -0.3 is 9.47 Å². The Balaban J connectivity index is 2.12. The van der Waals surface area contributed by atoms with Crippen molar-refractivity contribution in [2.24, 2.45) is 0 Å². The van der Waals surface area contributed by atoms with Gasteiger partial charge in [-0.2, -0.15) is 0 Å².